The first-order chi connectivity index (χ1) is 10.5. The van der Waals surface area contributed by atoms with Gasteiger partial charge >= 0.3 is 5.97 Å². The Balaban J connectivity index is 1.72. The highest BCUT2D eigenvalue weighted by atomic mass is 16.5. The summed E-state index contributed by atoms with van der Waals surface area (Å²) >= 11 is 0. The fourth-order valence-corrected chi connectivity index (χ4v) is 3.48. The van der Waals surface area contributed by atoms with Crippen LogP contribution in [0.25, 0.3) is 0 Å². The highest BCUT2D eigenvalue weighted by Crippen LogP contribution is 2.42. The highest BCUT2D eigenvalue weighted by Gasteiger charge is 2.32. The molecule has 0 heterocycles. The summed E-state index contributed by atoms with van der Waals surface area (Å²) in [6.45, 7) is 7.38. The molecule has 0 unspecified atom stereocenters. The SMILES string of the molecule is CC1CCC(C(C)(C)CCC(=O)OCc2ccccc2)CC1. The van der Waals surface area contributed by atoms with Gasteiger partial charge in [-0.05, 0) is 42.1 Å². The molecular weight excluding hydrogens is 272 g/mol. The van der Waals surface area contributed by atoms with Crippen LogP contribution in [-0.2, 0) is 16.1 Å². The minimum absolute atomic E-state index is 0.0684. The van der Waals surface area contributed by atoms with Crippen LogP contribution < -0.4 is 0 Å². The van der Waals surface area contributed by atoms with Crippen molar-refractivity contribution in [3.05, 3.63) is 35.9 Å². The molecule has 1 aromatic rings. The molecule has 1 aromatic carbocycles. The lowest BCUT2D eigenvalue weighted by atomic mass is 9.67. The monoisotopic (exact) mass is 302 g/mol. The molecule has 0 atom stereocenters. The molecule has 1 aliphatic carbocycles. The Bertz CT molecular complexity index is 456. The topological polar surface area (TPSA) is 26.3 Å². The van der Waals surface area contributed by atoms with Crippen LogP contribution in [-0.4, -0.2) is 5.97 Å². The van der Waals surface area contributed by atoms with Crippen molar-refractivity contribution in [3.63, 3.8) is 0 Å². The van der Waals surface area contributed by atoms with Crippen molar-refractivity contribution in [2.45, 2.75) is 65.9 Å². The maximum absolute atomic E-state index is 12.0. The fourth-order valence-electron chi connectivity index (χ4n) is 3.48. The van der Waals surface area contributed by atoms with Crippen molar-refractivity contribution in [1.29, 1.82) is 0 Å². The lowest BCUT2D eigenvalue weighted by Crippen LogP contribution is -2.28. The van der Waals surface area contributed by atoms with Gasteiger partial charge in [-0.25, -0.2) is 0 Å². The molecule has 2 nitrogen and oxygen atoms in total. The summed E-state index contributed by atoms with van der Waals surface area (Å²) in [4.78, 5) is 12.0. The van der Waals surface area contributed by atoms with Gasteiger partial charge in [-0.2, -0.15) is 0 Å². The zero-order valence-corrected chi connectivity index (χ0v) is 14.3. The quantitative estimate of drug-likeness (QED) is 0.661. The number of rotatable bonds is 6. The van der Waals surface area contributed by atoms with Crippen LogP contribution in [0.1, 0.15) is 64.9 Å². The average molecular weight is 302 g/mol. The van der Waals surface area contributed by atoms with Crippen molar-refractivity contribution >= 4 is 5.97 Å². The van der Waals surface area contributed by atoms with Gasteiger partial charge in [-0.15, -0.1) is 0 Å². The van der Waals surface area contributed by atoms with Crippen LogP contribution in [0.2, 0.25) is 0 Å². The molecule has 0 aliphatic heterocycles. The maximum Gasteiger partial charge on any atom is 0.306 e. The summed E-state index contributed by atoms with van der Waals surface area (Å²) in [6, 6.07) is 9.88. The molecule has 122 valence electrons. The molecule has 1 fully saturated rings. The van der Waals surface area contributed by atoms with E-state index in [-0.39, 0.29) is 11.4 Å². The number of hydrogen-bond acceptors (Lipinski definition) is 2. The molecule has 0 amide bonds. The second-order valence-electron chi connectivity index (χ2n) is 7.59. The van der Waals surface area contributed by atoms with Crippen LogP contribution in [0.3, 0.4) is 0 Å². The summed E-state index contributed by atoms with van der Waals surface area (Å²) in [5.74, 6) is 1.56. The van der Waals surface area contributed by atoms with Gasteiger partial charge in [0.05, 0.1) is 0 Å². The van der Waals surface area contributed by atoms with Crippen molar-refractivity contribution in [3.8, 4) is 0 Å². The molecule has 1 saturated carbocycles. The zero-order valence-electron chi connectivity index (χ0n) is 14.3. The normalized spacial score (nSPS) is 22.3. The predicted octanol–water partition coefficient (Wildman–Crippen LogP) is 5.36. The molecule has 1 aliphatic rings. The molecule has 0 bridgehead atoms. The van der Waals surface area contributed by atoms with Gasteiger partial charge in [-0.1, -0.05) is 63.9 Å². The largest absolute Gasteiger partial charge is 0.461 e. The third kappa shape index (κ3) is 5.15. The first kappa shape index (κ1) is 17.1. The van der Waals surface area contributed by atoms with Gasteiger partial charge in [0, 0.05) is 6.42 Å². The molecule has 22 heavy (non-hydrogen) atoms. The van der Waals surface area contributed by atoms with E-state index in [9.17, 15) is 4.79 Å². The first-order valence-corrected chi connectivity index (χ1v) is 8.67. The summed E-state index contributed by atoms with van der Waals surface area (Å²) in [5.41, 5.74) is 1.29. The van der Waals surface area contributed by atoms with Crippen LogP contribution >= 0.6 is 0 Å². The minimum atomic E-state index is -0.0684. The number of hydrogen-bond donors (Lipinski definition) is 0. The lowest BCUT2D eigenvalue weighted by molar-refractivity contribution is -0.145. The third-order valence-corrected chi connectivity index (χ3v) is 5.34. The van der Waals surface area contributed by atoms with Crippen molar-refractivity contribution in [2.75, 3.05) is 0 Å². The van der Waals surface area contributed by atoms with Crippen molar-refractivity contribution in [1.82, 2.24) is 0 Å². The van der Waals surface area contributed by atoms with E-state index in [1.807, 2.05) is 30.3 Å². The van der Waals surface area contributed by atoms with E-state index < -0.39 is 0 Å². The zero-order chi connectivity index (χ0) is 16.0. The average Bonchev–Trinajstić information content (AvgIpc) is 2.52. The minimum Gasteiger partial charge on any atom is -0.461 e. The molecular formula is C20H30O2. The van der Waals surface area contributed by atoms with E-state index in [1.165, 1.54) is 25.7 Å². The summed E-state index contributed by atoms with van der Waals surface area (Å²) in [7, 11) is 0. The van der Waals surface area contributed by atoms with E-state index in [2.05, 4.69) is 20.8 Å². The highest BCUT2D eigenvalue weighted by molar-refractivity contribution is 5.69. The van der Waals surface area contributed by atoms with Crippen LogP contribution in [0, 0.1) is 17.3 Å². The third-order valence-electron chi connectivity index (χ3n) is 5.34. The second kappa shape index (κ2) is 7.80. The number of carbonyl (C=O) groups is 1. The maximum atomic E-state index is 12.0. The Kier molecular flexibility index (Phi) is 6.05. The Labute approximate surface area is 135 Å². The van der Waals surface area contributed by atoms with Crippen LogP contribution in [0.5, 0.6) is 0 Å². The predicted molar refractivity (Wildman–Crippen MR) is 90.4 cm³/mol. The molecule has 2 rings (SSSR count). The summed E-state index contributed by atoms with van der Waals surface area (Å²) < 4.78 is 5.39. The summed E-state index contributed by atoms with van der Waals surface area (Å²) in [6.07, 6.45) is 6.77. The lowest BCUT2D eigenvalue weighted by Gasteiger charge is -2.38. The number of ether oxygens (including phenoxy) is 1. The smallest absolute Gasteiger partial charge is 0.306 e. The van der Waals surface area contributed by atoms with Gasteiger partial charge in [0.25, 0.3) is 0 Å². The van der Waals surface area contributed by atoms with E-state index in [0.29, 0.717) is 13.0 Å². The summed E-state index contributed by atoms with van der Waals surface area (Å²) in [5, 5.41) is 0. The standard InChI is InChI=1S/C20H30O2/c1-16-9-11-18(12-10-16)20(2,3)14-13-19(21)22-15-17-7-5-4-6-8-17/h4-8,16,18H,9-15H2,1-3H3. The fraction of sp³-hybridized carbons (Fsp3) is 0.650. The number of benzene rings is 1. The Hall–Kier alpha value is -1.31. The van der Waals surface area contributed by atoms with Crippen LogP contribution in [0.15, 0.2) is 30.3 Å². The molecule has 0 radical (unpaired) electrons. The Morgan fingerprint density at radius 1 is 1.14 bits per heavy atom. The van der Waals surface area contributed by atoms with E-state index >= 15 is 0 Å². The van der Waals surface area contributed by atoms with Crippen LogP contribution in [0.4, 0.5) is 0 Å². The molecule has 2 heteroatoms. The number of esters is 1. The van der Waals surface area contributed by atoms with E-state index in [4.69, 9.17) is 4.74 Å². The molecule has 0 saturated heterocycles. The Morgan fingerprint density at radius 3 is 2.41 bits per heavy atom. The van der Waals surface area contributed by atoms with Gasteiger partial charge in [0.2, 0.25) is 0 Å². The first-order valence-electron chi connectivity index (χ1n) is 8.67. The van der Waals surface area contributed by atoms with Gasteiger partial charge in [-0.3, -0.25) is 4.79 Å². The van der Waals surface area contributed by atoms with Crippen molar-refractivity contribution < 1.29 is 9.53 Å². The van der Waals surface area contributed by atoms with Gasteiger partial charge in [0.1, 0.15) is 6.61 Å². The molecule has 0 N–H and O–H groups in total. The van der Waals surface area contributed by atoms with Gasteiger partial charge in [0.15, 0.2) is 0 Å². The van der Waals surface area contributed by atoms with Crippen molar-refractivity contribution in [2.24, 2.45) is 17.3 Å². The van der Waals surface area contributed by atoms with E-state index in [0.717, 1.165) is 23.8 Å². The Morgan fingerprint density at radius 2 is 1.77 bits per heavy atom. The van der Waals surface area contributed by atoms with E-state index in [1.54, 1.807) is 0 Å². The molecule has 0 spiro atoms. The second-order valence-corrected chi connectivity index (χ2v) is 7.59. The number of carbonyl (C=O) groups excluding carboxylic acids is 1. The molecule has 0 aromatic heterocycles. The van der Waals surface area contributed by atoms with Gasteiger partial charge < -0.3 is 4.74 Å².